The molecule has 2 amide bonds. The first-order chi connectivity index (χ1) is 12.8. The monoisotopic (exact) mass is 370 g/mol. The minimum atomic E-state index is -1.11. The number of aliphatic carboxylic acids is 1. The number of amides is 2. The fraction of sp³-hybridized carbons (Fsp3) is 0.476. The van der Waals surface area contributed by atoms with Crippen LogP contribution in [-0.4, -0.2) is 34.5 Å². The van der Waals surface area contributed by atoms with Gasteiger partial charge >= 0.3 is 5.97 Å². The Morgan fingerprint density at radius 2 is 1.70 bits per heavy atom. The van der Waals surface area contributed by atoms with E-state index in [4.69, 9.17) is 0 Å². The third-order valence-corrected chi connectivity index (χ3v) is 4.81. The highest BCUT2D eigenvalue weighted by atomic mass is 16.4. The molecule has 2 rings (SSSR count). The number of benzene rings is 1. The van der Waals surface area contributed by atoms with Crippen LogP contribution in [0.15, 0.2) is 30.3 Å². The molecule has 1 atom stereocenters. The number of carbonyl (C=O) groups excluding carboxylic acids is 2. The van der Waals surface area contributed by atoms with Crippen molar-refractivity contribution in [2.45, 2.75) is 57.5 Å². The van der Waals surface area contributed by atoms with E-state index in [2.05, 4.69) is 22.5 Å². The Kier molecular flexibility index (Phi) is 7.00. The van der Waals surface area contributed by atoms with Crippen molar-refractivity contribution in [2.75, 3.05) is 0 Å². The van der Waals surface area contributed by atoms with Crippen LogP contribution in [0.2, 0.25) is 0 Å². The van der Waals surface area contributed by atoms with Crippen LogP contribution in [-0.2, 0) is 14.4 Å². The summed E-state index contributed by atoms with van der Waals surface area (Å²) in [5.74, 6) is 2.98. The van der Waals surface area contributed by atoms with Gasteiger partial charge in [-0.15, -0.1) is 0 Å². The van der Waals surface area contributed by atoms with Crippen molar-refractivity contribution < 1.29 is 19.5 Å². The van der Waals surface area contributed by atoms with Crippen LogP contribution < -0.4 is 10.6 Å². The first-order valence-corrected chi connectivity index (χ1v) is 9.27. The highest BCUT2D eigenvalue weighted by Crippen LogP contribution is 2.29. The molecule has 6 heteroatoms. The Morgan fingerprint density at radius 1 is 1.07 bits per heavy atom. The lowest BCUT2D eigenvalue weighted by molar-refractivity contribution is -0.145. The van der Waals surface area contributed by atoms with Gasteiger partial charge in [-0.2, -0.15) is 0 Å². The van der Waals surface area contributed by atoms with Gasteiger partial charge in [0.05, 0.1) is 0 Å². The summed E-state index contributed by atoms with van der Waals surface area (Å²) in [5.41, 5.74) is -0.399. The number of nitrogens with one attached hydrogen (secondary N) is 2. The molecule has 1 aromatic carbocycles. The van der Waals surface area contributed by atoms with E-state index in [1.54, 1.807) is 26.0 Å². The fourth-order valence-corrected chi connectivity index (χ4v) is 3.26. The molecule has 0 unspecified atom stereocenters. The molecule has 1 fully saturated rings. The molecule has 0 radical (unpaired) electrons. The number of hydrogen-bond donors (Lipinski definition) is 3. The number of carboxylic acid groups (broad SMARTS) is 1. The molecule has 0 bridgehead atoms. The molecule has 0 heterocycles. The zero-order chi connectivity index (χ0) is 19.9. The highest BCUT2D eigenvalue weighted by molar-refractivity contribution is 6.00. The van der Waals surface area contributed by atoms with Gasteiger partial charge in [0.25, 0.3) is 5.91 Å². The molecule has 144 valence electrons. The molecular formula is C21H26N2O4. The van der Waals surface area contributed by atoms with E-state index in [0.717, 1.165) is 19.3 Å². The maximum atomic E-state index is 12.9. The van der Waals surface area contributed by atoms with Crippen molar-refractivity contribution in [1.29, 1.82) is 0 Å². The highest BCUT2D eigenvalue weighted by Gasteiger charge is 2.42. The van der Waals surface area contributed by atoms with E-state index in [1.807, 2.05) is 18.2 Å². The maximum Gasteiger partial charge on any atom is 0.326 e. The lowest BCUT2D eigenvalue weighted by Gasteiger charge is -2.37. The van der Waals surface area contributed by atoms with Crippen LogP contribution in [0.5, 0.6) is 0 Å². The fourth-order valence-electron chi connectivity index (χ4n) is 3.26. The molecule has 3 N–H and O–H groups in total. The lowest BCUT2D eigenvalue weighted by Crippen LogP contribution is -2.62. The van der Waals surface area contributed by atoms with Gasteiger partial charge in [-0.05, 0) is 30.9 Å². The second kappa shape index (κ2) is 9.22. The Bertz CT molecular complexity index is 740. The average Bonchev–Trinajstić information content (AvgIpc) is 2.65. The van der Waals surface area contributed by atoms with E-state index in [9.17, 15) is 19.5 Å². The van der Waals surface area contributed by atoms with Crippen molar-refractivity contribution in [1.82, 2.24) is 10.6 Å². The minimum Gasteiger partial charge on any atom is -0.480 e. The first-order valence-electron chi connectivity index (χ1n) is 9.27. The van der Waals surface area contributed by atoms with Crippen LogP contribution >= 0.6 is 0 Å². The van der Waals surface area contributed by atoms with Crippen LogP contribution in [0.1, 0.15) is 51.5 Å². The van der Waals surface area contributed by atoms with Gasteiger partial charge in [-0.1, -0.05) is 57.2 Å². The number of carbonyl (C=O) groups is 3. The second-order valence-electron chi connectivity index (χ2n) is 7.25. The first kappa shape index (κ1) is 20.5. The topological polar surface area (TPSA) is 95.5 Å². The number of rotatable bonds is 5. The van der Waals surface area contributed by atoms with Crippen LogP contribution in [0.25, 0.3) is 0 Å². The zero-order valence-electron chi connectivity index (χ0n) is 15.7. The Hall–Kier alpha value is -2.81. The van der Waals surface area contributed by atoms with Gasteiger partial charge in [0.15, 0.2) is 0 Å². The van der Waals surface area contributed by atoms with Gasteiger partial charge in [0.1, 0.15) is 11.6 Å². The van der Waals surface area contributed by atoms with Crippen molar-refractivity contribution in [2.24, 2.45) is 5.92 Å². The van der Waals surface area contributed by atoms with E-state index >= 15 is 0 Å². The molecule has 27 heavy (non-hydrogen) atoms. The summed E-state index contributed by atoms with van der Waals surface area (Å²) in [5, 5.41) is 14.7. The van der Waals surface area contributed by atoms with Crippen LogP contribution in [0.4, 0.5) is 0 Å². The SMILES string of the molecule is CC(C)[C@H](NC(=O)C1(NC(=O)C#Cc2ccccc2)CCCCC1)C(=O)O. The molecule has 1 aromatic rings. The third kappa shape index (κ3) is 5.58. The maximum absolute atomic E-state index is 12.9. The predicted molar refractivity (Wildman–Crippen MR) is 102 cm³/mol. The normalized spacial score (nSPS) is 16.6. The van der Waals surface area contributed by atoms with Gasteiger partial charge in [0, 0.05) is 11.5 Å². The Morgan fingerprint density at radius 3 is 2.26 bits per heavy atom. The summed E-state index contributed by atoms with van der Waals surface area (Å²) < 4.78 is 0. The third-order valence-electron chi connectivity index (χ3n) is 4.81. The molecule has 0 saturated heterocycles. The zero-order valence-corrected chi connectivity index (χ0v) is 15.7. The van der Waals surface area contributed by atoms with E-state index in [1.165, 1.54) is 0 Å². The molecule has 1 aliphatic rings. The summed E-state index contributed by atoms with van der Waals surface area (Å²) >= 11 is 0. The minimum absolute atomic E-state index is 0.263. The average molecular weight is 370 g/mol. The predicted octanol–water partition coefficient (Wildman–Crippen LogP) is 2.08. The Labute approximate surface area is 159 Å². The summed E-state index contributed by atoms with van der Waals surface area (Å²) in [6.07, 6.45) is 3.51. The number of hydrogen-bond acceptors (Lipinski definition) is 3. The molecule has 6 nitrogen and oxygen atoms in total. The van der Waals surface area contributed by atoms with Gasteiger partial charge in [0.2, 0.25) is 5.91 Å². The summed E-state index contributed by atoms with van der Waals surface area (Å²) in [6, 6.07) is 8.11. The molecule has 0 aliphatic heterocycles. The van der Waals surface area contributed by atoms with E-state index in [0.29, 0.717) is 18.4 Å². The number of carboxylic acids is 1. The van der Waals surface area contributed by atoms with Crippen molar-refractivity contribution in [3.05, 3.63) is 35.9 Å². The molecular weight excluding hydrogens is 344 g/mol. The second-order valence-corrected chi connectivity index (χ2v) is 7.25. The molecule has 1 saturated carbocycles. The quantitative estimate of drug-likeness (QED) is 0.692. The van der Waals surface area contributed by atoms with Crippen molar-refractivity contribution >= 4 is 17.8 Å². The van der Waals surface area contributed by atoms with Gasteiger partial charge in [-0.25, -0.2) is 4.79 Å². The molecule has 0 spiro atoms. The van der Waals surface area contributed by atoms with Crippen molar-refractivity contribution in [3.63, 3.8) is 0 Å². The van der Waals surface area contributed by atoms with Crippen LogP contribution in [0, 0.1) is 17.8 Å². The van der Waals surface area contributed by atoms with Crippen molar-refractivity contribution in [3.8, 4) is 11.8 Å². The standard InChI is InChI=1S/C21H26N2O4/c1-15(2)18(19(25)26)22-20(27)21(13-7-4-8-14-21)23-17(24)12-11-16-9-5-3-6-10-16/h3,5-6,9-10,15,18H,4,7-8,13-14H2,1-2H3,(H,22,27)(H,23,24)(H,25,26)/t18-/m0/s1. The van der Waals surface area contributed by atoms with Gasteiger partial charge in [-0.3, -0.25) is 9.59 Å². The lowest BCUT2D eigenvalue weighted by atomic mass is 9.80. The van der Waals surface area contributed by atoms with Crippen LogP contribution in [0.3, 0.4) is 0 Å². The smallest absolute Gasteiger partial charge is 0.326 e. The Balaban J connectivity index is 2.15. The molecule has 1 aliphatic carbocycles. The summed E-state index contributed by atoms with van der Waals surface area (Å²) in [6.45, 7) is 3.47. The molecule has 0 aromatic heterocycles. The largest absolute Gasteiger partial charge is 0.480 e. The summed E-state index contributed by atoms with van der Waals surface area (Å²) in [7, 11) is 0. The summed E-state index contributed by atoms with van der Waals surface area (Å²) in [4.78, 5) is 36.7. The van der Waals surface area contributed by atoms with E-state index < -0.39 is 29.4 Å². The van der Waals surface area contributed by atoms with E-state index in [-0.39, 0.29) is 5.92 Å². The van der Waals surface area contributed by atoms with Gasteiger partial charge < -0.3 is 15.7 Å².